The second-order valence-corrected chi connectivity index (χ2v) is 2.16. The number of hydrogen-bond donors (Lipinski definition) is 0. The average Bonchev–Trinajstić information content (AvgIpc) is 2.40. The van der Waals surface area contributed by atoms with Crippen molar-refractivity contribution >= 4 is 5.97 Å². The molecular formula is C8H16O2. The quantitative estimate of drug-likeness (QED) is 0.526. The Morgan fingerprint density at radius 2 is 2.20 bits per heavy atom. The first kappa shape index (κ1) is 9.47. The first-order valence-electron chi connectivity index (χ1n) is 3.98. The minimum atomic E-state index is -0.0307. The van der Waals surface area contributed by atoms with Gasteiger partial charge in [-0.3, -0.25) is 4.79 Å². The number of ether oxygens (including phenoxy) is 1. The van der Waals surface area contributed by atoms with Crippen LogP contribution in [0.1, 0.15) is 33.6 Å². The molecule has 0 amide bonds. The third-order valence-electron chi connectivity index (χ3n) is 1.51. The summed E-state index contributed by atoms with van der Waals surface area (Å²) < 4.78 is 4.72. The Balaban J connectivity index is 0.000000371. The predicted octanol–water partition coefficient (Wildman–Crippen LogP) is 1.99. The highest BCUT2D eigenvalue weighted by Crippen LogP contribution is 2.16. The van der Waals surface area contributed by atoms with Crippen molar-refractivity contribution in [3.8, 4) is 0 Å². The van der Waals surface area contributed by atoms with Crippen molar-refractivity contribution in [1.29, 1.82) is 0 Å². The summed E-state index contributed by atoms with van der Waals surface area (Å²) in [5.74, 6) is 0.472. The maximum absolute atomic E-state index is 10.4. The van der Waals surface area contributed by atoms with Gasteiger partial charge in [-0.1, -0.05) is 20.8 Å². The van der Waals surface area contributed by atoms with E-state index in [4.69, 9.17) is 4.74 Å². The first-order chi connectivity index (χ1) is 4.83. The van der Waals surface area contributed by atoms with Gasteiger partial charge in [-0.05, 0) is 6.42 Å². The highest BCUT2D eigenvalue weighted by atomic mass is 16.5. The molecule has 2 nitrogen and oxygen atoms in total. The molecule has 1 rings (SSSR count). The molecule has 0 aromatic carbocycles. The van der Waals surface area contributed by atoms with Gasteiger partial charge in [-0.25, -0.2) is 0 Å². The average molecular weight is 144 g/mol. The lowest BCUT2D eigenvalue weighted by atomic mass is 10.1. The van der Waals surface area contributed by atoms with Crippen LogP contribution in [0.2, 0.25) is 0 Å². The van der Waals surface area contributed by atoms with Gasteiger partial charge in [0.05, 0.1) is 13.0 Å². The fourth-order valence-electron chi connectivity index (χ4n) is 0.827. The highest BCUT2D eigenvalue weighted by molar-refractivity contribution is 5.71. The summed E-state index contributed by atoms with van der Waals surface area (Å²) in [7, 11) is 0. The summed E-state index contributed by atoms with van der Waals surface area (Å²) in [6.45, 7) is 6.72. The molecule has 2 heteroatoms. The van der Waals surface area contributed by atoms with Crippen molar-refractivity contribution in [2.75, 3.05) is 6.61 Å². The molecular weight excluding hydrogens is 128 g/mol. The molecule has 0 radical (unpaired) electrons. The lowest BCUT2D eigenvalue weighted by Crippen LogP contribution is -1.94. The SMILES string of the molecule is CC.CCC1COC(=O)C1. The molecule has 0 spiro atoms. The van der Waals surface area contributed by atoms with Crippen LogP contribution in [0.3, 0.4) is 0 Å². The van der Waals surface area contributed by atoms with E-state index in [1.165, 1.54) is 0 Å². The van der Waals surface area contributed by atoms with Gasteiger partial charge in [-0.2, -0.15) is 0 Å². The zero-order valence-electron chi connectivity index (χ0n) is 7.02. The lowest BCUT2D eigenvalue weighted by Gasteiger charge is -1.95. The molecule has 0 N–H and O–H groups in total. The molecule has 10 heavy (non-hydrogen) atoms. The Bertz CT molecular complexity index is 99.4. The van der Waals surface area contributed by atoms with Gasteiger partial charge in [-0.15, -0.1) is 0 Å². The molecule has 1 fully saturated rings. The molecule has 1 unspecified atom stereocenters. The Morgan fingerprint density at radius 3 is 2.40 bits per heavy atom. The molecule has 1 atom stereocenters. The fourth-order valence-corrected chi connectivity index (χ4v) is 0.827. The normalized spacial score (nSPS) is 23.1. The van der Waals surface area contributed by atoms with Gasteiger partial charge < -0.3 is 4.74 Å². The molecule has 0 bridgehead atoms. The van der Waals surface area contributed by atoms with Crippen LogP contribution in [0.4, 0.5) is 0 Å². The summed E-state index contributed by atoms with van der Waals surface area (Å²) in [4.78, 5) is 10.4. The van der Waals surface area contributed by atoms with Gasteiger partial charge in [0.25, 0.3) is 0 Å². The number of carbonyl (C=O) groups excluding carboxylic acids is 1. The molecule has 60 valence electrons. The van der Waals surface area contributed by atoms with Crippen molar-refractivity contribution < 1.29 is 9.53 Å². The number of carbonyl (C=O) groups is 1. The predicted molar refractivity (Wildman–Crippen MR) is 40.7 cm³/mol. The summed E-state index contributed by atoms with van der Waals surface area (Å²) in [6, 6.07) is 0. The second kappa shape index (κ2) is 5.27. The number of rotatable bonds is 1. The minimum Gasteiger partial charge on any atom is -0.465 e. The largest absolute Gasteiger partial charge is 0.465 e. The van der Waals surface area contributed by atoms with Crippen LogP contribution in [0.5, 0.6) is 0 Å². The van der Waals surface area contributed by atoms with Crippen LogP contribution in [0.25, 0.3) is 0 Å². The van der Waals surface area contributed by atoms with E-state index in [1.807, 2.05) is 13.8 Å². The Kier molecular flexibility index (Phi) is 4.99. The van der Waals surface area contributed by atoms with E-state index in [1.54, 1.807) is 0 Å². The highest BCUT2D eigenvalue weighted by Gasteiger charge is 2.21. The summed E-state index contributed by atoms with van der Waals surface area (Å²) in [6.07, 6.45) is 1.70. The summed E-state index contributed by atoms with van der Waals surface area (Å²) in [5, 5.41) is 0. The molecule has 1 aliphatic heterocycles. The van der Waals surface area contributed by atoms with E-state index in [0.717, 1.165) is 6.42 Å². The number of hydrogen-bond acceptors (Lipinski definition) is 2. The topological polar surface area (TPSA) is 26.3 Å². The molecule has 0 saturated carbocycles. The van der Waals surface area contributed by atoms with Crippen LogP contribution in [0.15, 0.2) is 0 Å². The van der Waals surface area contributed by atoms with Crippen LogP contribution < -0.4 is 0 Å². The van der Waals surface area contributed by atoms with Crippen LogP contribution >= 0.6 is 0 Å². The van der Waals surface area contributed by atoms with E-state index < -0.39 is 0 Å². The maximum atomic E-state index is 10.4. The van der Waals surface area contributed by atoms with Crippen molar-refractivity contribution in [1.82, 2.24) is 0 Å². The first-order valence-corrected chi connectivity index (χ1v) is 3.98. The van der Waals surface area contributed by atoms with Crippen LogP contribution in [0, 0.1) is 5.92 Å². The fraction of sp³-hybridized carbons (Fsp3) is 0.875. The maximum Gasteiger partial charge on any atom is 0.306 e. The zero-order chi connectivity index (χ0) is 7.98. The van der Waals surface area contributed by atoms with E-state index >= 15 is 0 Å². The van der Waals surface area contributed by atoms with Crippen LogP contribution in [-0.4, -0.2) is 12.6 Å². The standard InChI is InChI=1S/C6H10O2.C2H6/c1-2-5-3-6(7)8-4-5;1-2/h5H,2-4H2,1H3;1-2H3. The third-order valence-corrected chi connectivity index (χ3v) is 1.51. The Hall–Kier alpha value is -0.530. The zero-order valence-corrected chi connectivity index (χ0v) is 7.02. The number of cyclic esters (lactones) is 1. The molecule has 0 aromatic rings. The van der Waals surface area contributed by atoms with Gasteiger partial charge in [0, 0.05) is 5.92 Å². The van der Waals surface area contributed by atoms with E-state index in [0.29, 0.717) is 18.9 Å². The van der Waals surface area contributed by atoms with Gasteiger partial charge in [0.1, 0.15) is 0 Å². The molecule has 1 aliphatic rings. The molecule has 1 saturated heterocycles. The summed E-state index contributed by atoms with van der Waals surface area (Å²) in [5.41, 5.74) is 0. The van der Waals surface area contributed by atoms with Crippen molar-refractivity contribution in [2.24, 2.45) is 5.92 Å². The molecule has 0 aliphatic carbocycles. The van der Waals surface area contributed by atoms with E-state index in [2.05, 4.69) is 6.92 Å². The molecule has 0 aromatic heterocycles. The van der Waals surface area contributed by atoms with E-state index in [9.17, 15) is 4.79 Å². The molecule has 1 heterocycles. The Labute approximate surface area is 62.6 Å². The second-order valence-electron chi connectivity index (χ2n) is 2.16. The third kappa shape index (κ3) is 2.85. The Morgan fingerprint density at radius 1 is 1.60 bits per heavy atom. The van der Waals surface area contributed by atoms with Crippen molar-refractivity contribution in [3.63, 3.8) is 0 Å². The van der Waals surface area contributed by atoms with Crippen molar-refractivity contribution in [3.05, 3.63) is 0 Å². The van der Waals surface area contributed by atoms with E-state index in [-0.39, 0.29) is 5.97 Å². The van der Waals surface area contributed by atoms with Gasteiger partial charge in [0.15, 0.2) is 0 Å². The minimum absolute atomic E-state index is 0.0307. The van der Waals surface area contributed by atoms with Gasteiger partial charge in [0.2, 0.25) is 0 Å². The smallest absolute Gasteiger partial charge is 0.306 e. The number of esters is 1. The van der Waals surface area contributed by atoms with Crippen LogP contribution in [-0.2, 0) is 9.53 Å². The summed E-state index contributed by atoms with van der Waals surface area (Å²) >= 11 is 0. The monoisotopic (exact) mass is 144 g/mol. The van der Waals surface area contributed by atoms with Gasteiger partial charge >= 0.3 is 5.97 Å². The van der Waals surface area contributed by atoms with Crippen molar-refractivity contribution in [2.45, 2.75) is 33.6 Å². The lowest BCUT2D eigenvalue weighted by molar-refractivity contribution is -0.137.